The number of halogens is 1. The number of carbonyl (C=O) groups is 1. The standard InChI is InChI=1S/C29H31FN2O4/c1-35-23-9-10-27-25(18-23)24(12-14-31-27)28(33)11-8-21-13-16-32(19-26(21)29(34)36-2)15-4-6-20-5-3-7-22(30)17-20/h3,5,7,9-10,12,14,17-18,21,26,28,33H,8,11,13,15-16,19H2,1-2H3/t21-,26+,28?/m1/s1. The summed E-state index contributed by atoms with van der Waals surface area (Å²) in [7, 11) is 3.02. The predicted molar refractivity (Wildman–Crippen MR) is 136 cm³/mol. The van der Waals surface area contributed by atoms with Crippen molar-refractivity contribution in [1.29, 1.82) is 0 Å². The third-order valence-corrected chi connectivity index (χ3v) is 6.86. The first kappa shape index (κ1) is 25.6. The molecule has 0 amide bonds. The van der Waals surface area contributed by atoms with Crippen molar-refractivity contribution in [1.82, 2.24) is 9.88 Å². The van der Waals surface area contributed by atoms with Crippen LogP contribution < -0.4 is 4.74 Å². The summed E-state index contributed by atoms with van der Waals surface area (Å²) >= 11 is 0. The molecule has 36 heavy (non-hydrogen) atoms. The van der Waals surface area contributed by atoms with Crippen LogP contribution in [0.25, 0.3) is 10.9 Å². The fourth-order valence-corrected chi connectivity index (χ4v) is 4.89. The number of benzene rings is 2. The summed E-state index contributed by atoms with van der Waals surface area (Å²) < 4.78 is 23.8. The van der Waals surface area contributed by atoms with Gasteiger partial charge in [0.1, 0.15) is 11.6 Å². The quantitative estimate of drug-likeness (QED) is 0.392. The summed E-state index contributed by atoms with van der Waals surface area (Å²) in [5.41, 5.74) is 2.23. The molecule has 4 rings (SSSR count). The van der Waals surface area contributed by atoms with Crippen LogP contribution in [0.1, 0.15) is 36.5 Å². The lowest BCUT2D eigenvalue weighted by Crippen LogP contribution is -2.44. The van der Waals surface area contributed by atoms with Gasteiger partial charge >= 0.3 is 5.97 Å². The molecule has 1 aliphatic rings. The number of esters is 1. The Balaban J connectivity index is 1.40. The van der Waals surface area contributed by atoms with Gasteiger partial charge in [-0.05, 0) is 79.8 Å². The number of ether oxygens (including phenoxy) is 2. The number of methoxy groups -OCH3 is 2. The van der Waals surface area contributed by atoms with E-state index >= 15 is 0 Å². The van der Waals surface area contributed by atoms with Gasteiger partial charge in [-0.25, -0.2) is 4.39 Å². The van der Waals surface area contributed by atoms with Gasteiger partial charge in [0.2, 0.25) is 0 Å². The highest BCUT2D eigenvalue weighted by atomic mass is 19.1. The van der Waals surface area contributed by atoms with Crippen LogP contribution in [0, 0.1) is 29.5 Å². The molecule has 3 aromatic rings. The number of aliphatic hydroxyl groups is 1. The fraction of sp³-hybridized carbons (Fsp3) is 0.379. The van der Waals surface area contributed by atoms with Crippen LogP contribution in [0.5, 0.6) is 5.75 Å². The maximum Gasteiger partial charge on any atom is 0.310 e. The van der Waals surface area contributed by atoms with E-state index in [2.05, 4.69) is 21.7 Å². The number of pyridine rings is 1. The van der Waals surface area contributed by atoms with Crippen LogP contribution in [0.2, 0.25) is 0 Å². The molecule has 0 aliphatic carbocycles. The van der Waals surface area contributed by atoms with E-state index < -0.39 is 6.10 Å². The summed E-state index contributed by atoms with van der Waals surface area (Å²) in [6.07, 6.45) is 3.04. The number of rotatable bonds is 7. The molecule has 7 heteroatoms. The Bertz CT molecular complexity index is 1270. The Labute approximate surface area is 211 Å². The average molecular weight is 491 g/mol. The topological polar surface area (TPSA) is 71.9 Å². The number of hydrogen-bond donors (Lipinski definition) is 1. The van der Waals surface area contributed by atoms with E-state index in [0.717, 1.165) is 29.4 Å². The van der Waals surface area contributed by atoms with Gasteiger partial charge in [0.05, 0.1) is 38.3 Å². The molecule has 188 valence electrons. The maximum atomic E-state index is 13.4. The minimum Gasteiger partial charge on any atom is -0.497 e. The van der Waals surface area contributed by atoms with Crippen molar-refractivity contribution in [3.63, 3.8) is 0 Å². The molecular weight excluding hydrogens is 459 g/mol. The van der Waals surface area contributed by atoms with Gasteiger partial charge in [-0.15, -0.1) is 0 Å². The molecule has 1 N–H and O–H groups in total. The van der Waals surface area contributed by atoms with Gasteiger partial charge < -0.3 is 14.6 Å². The molecule has 0 spiro atoms. The first-order valence-electron chi connectivity index (χ1n) is 12.1. The van der Waals surface area contributed by atoms with E-state index in [4.69, 9.17) is 9.47 Å². The second-order valence-corrected chi connectivity index (χ2v) is 9.10. The first-order valence-corrected chi connectivity index (χ1v) is 12.1. The molecule has 2 aromatic carbocycles. The third kappa shape index (κ3) is 6.20. The van der Waals surface area contributed by atoms with Gasteiger partial charge in [0.15, 0.2) is 0 Å². The molecule has 2 heterocycles. The summed E-state index contributed by atoms with van der Waals surface area (Å²) in [5, 5.41) is 11.9. The van der Waals surface area contributed by atoms with E-state index in [1.807, 2.05) is 24.3 Å². The Morgan fingerprint density at radius 1 is 1.25 bits per heavy atom. The largest absolute Gasteiger partial charge is 0.497 e. The Hall–Kier alpha value is -3.47. The lowest BCUT2D eigenvalue weighted by molar-refractivity contribution is -0.150. The number of aromatic nitrogens is 1. The second-order valence-electron chi connectivity index (χ2n) is 9.10. The van der Waals surface area contributed by atoms with Crippen LogP contribution in [-0.4, -0.2) is 54.8 Å². The van der Waals surface area contributed by atoms with Gasteiger partial charge in [-0.3, -0.25) is 14.7 Å². The van der Waals surface area contributed by atoms with Crippen LogP contribution in [0.4, 0.5) is 4.39 Å². The molecule has 1 unspecified atom stereocenters. The van der Waals surface area contributed by atoms with E-state index in [9.17, 15) is 14.3 Å². The van der Waals surface area contributed by atoms with Gasteiger partial charge in [0.25, 0.3) is 0 Å². The highest BCUT2D eigenvalue weighted by molar-refractivity contribution is 5.83. The van der Waals surface area contributed by atoms with Gasteiger partial charge in [0, 0.05) is 23.7 Å². The number of hydrogen-bond acceptors (Lipinski definition) is 6. The summed E-state index contributed by atoms with van der Waals surface area (Å²) in [6.45, 7) is 1.83. The molecule has 6 nitrogen and oxygen atoms in total. The fourth-order valence-electron chi connectivity index (χ4n) is 4.89. The van der Waals surface area contributed by atoms with Crippen LogP contribution in [0.3, 0.4) is 0 Å². The monoisotopic (exact) mass is 490 g/mol. The van der Waals surface area contributed by atoms with Crippen molar-refractivity contribution in [2.45, 2.75) is 25.4 Å². The normalized spacial score (nSPS) is 18.8. The zero-order valence-corrected chi connectivity index (χ0v) is 20.6. The lowest BCUT2D eigenvalue weighted by atomic mass is 9.81. The number of piperidine rings is 1. The summed E-state index contributed by atoms with van der Waals surface area (Å²) in [4.78, 5) is 19.1. The molecule has 0 bridgehead atoms. The Morgan fingerprint density at radius 2 is 2.11 bits per heavy atom. The number of aliphatic hydroxyl groups excluding tert-OH is 1. The number of nitrogens with zero attached hydrogens (tertiary/aromatic N) is 2. The van der Waals surface area contributed by atoms with Crippen molar-refractivity contribution in [3.8, 4) is 17.6 Å². The van der Waals surface area contributed by atoms with Gasteiger partial charge in [-0.1, -0.05) is 17.9 Å². The van der Waals surface area contributed by atoms with Crippen molar-refractivity contribution >= 4 is 16.9 Å². The molecule has 0 saturated carbocycles. The smallest absolute Gasteiger partial charge is 0.310 e. The zero-order valence-electron chi connectivity index (χ0n) is 20.6. The predicted octanol–water partition coefficient (Wildman–Crippen LogP) is 4.36. The average Bonchev–Trinajstić information content (AvgIpc) is 2.91. The molecule has 1 aromatic heterocycles. The third-order valence-electron chi connectivity index (χ3n) is 6.86. The van der Waals surface area contributed by atoms with E-state index in [1.165, 1.54) is 19.2 Å². The summed E-state index contributed by atoms with van der Waals surface area (Å²) in [6, 6.07) is 13.7. The van der Waals surface area contributed by atoms with Crippen LogP contribution in [-0.2, 0) is 9.53 Å². The zero-order chi connectivity index (χ0) is 25.5. The minimum atomic E-state index is -0.684. The maximum absolute atomic E-state index is 13.4. The number of fused-ring (bicyclic) bond motifs is 1. The molecule has 1 aliphatic heterocycles. The lowest BCUT2D eigenvalue weighted by Gasteiger charge is -2.36. The van der Waals surface area contributed by atoms with Crippen LogP contribution in [0.15, 0.2) is 54.7 Å². The van der Waals surface area contributed by atoms with E-state index in [-0.39, 0.29) is 23.6 Å². The highest BCUT2D eigenvalue weighted by Crippen LogP contribution is 2.34. The van der Waals surface area contributed by atoms with Crippen molar-refractivity contribution in [2.75, 3.05) is 33.9 Å². The second kappa shape index (κ2) is 12.0. The summed E-state index contributed by atoms with van der Waals surface area (Å²) in [5.74, 6) is 6.05. The van der Waals surface area contributed by atoms with Crippen molar-refractivity contribution < 1.29 is 23.8 Å². The minimum absolute atomic E-state index is 0.0992. The van der Waals surface area contributed by atoms with E-state index in [1.54, 1.807) is 25.4 Å². The van der Waals surface area contributed by atoms with E-state index in [0.29, 0.717) is 37.2 Å². The molecule has 0 radical (unpaired) electrons. The Kier molecular flexibility index (Phi) is 8.52. The molecule has 1 saturated heterocycles. The number of likely N-dealkylation sites (tertiary alicyclic amines) is 1. The van der Waals surface area contributed by atoms with Crippen molar-refractivity contribution in [2.24, 2.45) is 11.8 Å². The number of carbonyl (C=O) groups excluding carboxylic acids is 1. The van der Waals surface area contributed by atoms with Crippen molar-refractivity contribution in [3.05, 3.63) is 71.7 Å². The SMILES string of the molecule is COC(=O)[C@H]1CN(CC#Cc2cccc(F)c2)CC[C@H]1CCC(O)c1ccnc2ccc(OC)cc12. The molecule has 3 atom stereocenters. The van der Waals surface area contributed by atoms with Crippen LogP contribution >= 0.6 is 0 Å². The highest BCUT2D eigenvalue weighted by Gasteiger charge is 2.35. The molecule has 1 fully saturated rings. The molecular formula is C29H31FN2O4. The first-order chi connectivity index (χ1) is 17.5. The van der Waals surface area contributed by atoms with Gasteiger partial charge in [-0.2, -0.15) is 0 Å². The Morgan fingerprint density at radius 3 is 2.89 bits per heavy atom.